The van der Waals surface area contributed by atoms with Crippen LogP contribution in [0.15, 0.2) is 84.0 Å². The molecule has 1 aliphatic heterocycles. The number of hydrogen-bond acceptors (Lipinski definition) is 4. The van der Waals surface area contributed by atoms with E-state index < -0.39 is 6.04 Å². The van der Waals surface area contributed by atoms with Crippen molar-refractivity contribution >= 4 is 17.4 Å². The van der Waals surface area contributed by atoms with E-state index in [9.17, 15) is 9.59 Å². The number of likely N-dealkylation sites (tertiary alicyclic amines) is 1. The highest BCUT2D eigenvalue weighted by atomic mass is 16.5. The van der Waals surface area contributed by atoms with E-state index in [1.54, 1.807) is 0 Å². The molecular weight excluding hydrogens is 424 g/mol. The van der Waals surface area contributed by atoms with E-state index in [0.29, 0.717) is 13.1 Å². The zero-order chi connectivity index (χ0) is 23.9. The van der Waals surface area contributed by atoms with Gasteiger partial charge in [-0.05, 0) is 43.9 Å². The second-order valence-corrected chi connectivity index (χ2v) is 9.39. The third-order valence-corrected chi connectivity index (χ3v) is 6.95. The number of quaternary nitrogens is 1. The van der Waals surface area contributed by atoms with Crippen LogP contribution < -0.4 is 10.2 Å². The van der Waals surface area contributed by atoms with E-state index in [-0.39, 0.29) is 23.8 Å². The molecule has 0 amide bonds. The maximum Gasteiger partial charge on any atom is 0.333 e. The van der Waals surface area contributed by atoms with Gasteiger partial charge in [0.1, 0.15) is 13.1 Å². The van der Waals surface area contributed by atoms with Crippen molar-refractivity contribution in [2.24, 2.45) is 5.92 Å². The van der Waals surface area contributed by atoms with Gasteiger partial charge in [-0.2, -0.15) is 0 Å². The third-order valence-electron chi connectivity index (χ3n) is 6.95. The van der Waals surface area contributed by atoms with E-state index in [1.807, 2.05) is 66.7 Å². The zero-order valence-electron chi connectivity index (χ0n) is 20.1. The lowest BCUT2D eigenvalue weighted by molar-refractivity contribution is -0.881. The number of carbonyl (C=O) groups excluding carboxylic acids is 2. The molecule has 5 nitrogen and oxygen atoms in total. The Balaban J connectivity index is 1.44. The van der Waals surface area contributed by atoms with Crippen molar-refractivity contribution in [3.8, 4) is 0 Å². The lowest BCUT2D eigenvalue weighted by atomic mass is 9.96. The number of ketones is 1. The van der Waals surface area contributed by atoms with Crippen molar-refractivity contribution in [1.29, 1.82) is 0 Å². The summed E-state index contributed by atoms with van der Waals surface area (Å²) in [7, 11) is 0. The van der Waals surface area contributed by atoms with E-state index in [1.165, 1.54) is 10.5 Å². The topological polar surface area (TPSA) is 59.8 Å². The van der Waals surface area contributed by atoms with Gasteiger partial charge in [-0.25, -0.2) is 4.79 Å². The summed E-state index contributed by atoms with van der Waals surface area (Å²) in [5.41, 5.74) is 3.78. The van der Waals surface area contributed by atoms with Crippen LogP contribution in [0.4, 0.5) is 5.69 Å². The summed E-state index contributed by atoms with van der Waals surface area (Å²) >= 11 is 0. The molecule has 2 N–H and O–H groups in total. The Kier molecular flexibility index (Phi) is 7.96. The molecule has 0 spiro atoms. The quantitative estimate of drug-likeness (QED) is 0.558. The van der Waals surface area contributed by atoms with Crippen LogP contribution >= 0.6 is 0 Å². The van der Waals surface area contributed by atoms with Crippen LogP contribution in [0, 0.1) is 5.92 Å². The highest BCUT2D eigenvalue weighted by molar-refractivity contribution is 5.99. The van der Waals surface area contributed by atoms with Crippen molar-refractivity contribution in [3.05, 3.63) is 89.5 Å². The summed E-state index contributed by atoms with van der Waals surface area (Å²) in [5, 5.41) is 3.34. The first-order valence-electron chi connectivity index (χ1n) is 12.3. The number of anilines is 1. The summed E-state index contributed by atoms with van der Waals surface area (Å²) in [6.45, 7) is 6.14. The fourth-order valence-electron chi connectivity index (χ4n) is 5.00. The molecule has 0 aromatic heterocycles. The minimum atomic E-state index is -0.591. The molecule has 1 heterocycles. The lowest BCUT2D eigenvalue weighted by Crippen LogP contribution is -3.11. The molecular formula is C29H35N2O3+. The van der Waals surface area contributed by atoms with E-state index in [4.69, 9.17) is 4.74 Å². The van der Waals surface area contributed by atoms with Gasteiger partial charge in [0.2, 0.25) is 5.78 Å². The van der Waals surface area contributed by atoms with Gasteiger partial charge in [0.15, 0.2) is 12.1 Å². The lowest BCUT2D eigenvalue weighted by Gasteiger charge is -2.22. The molecule has 5 heteroatoms. The Morgan fingerprint density at radius 1 is 1.06 bits per heavy atom. The number of benzene rings is 2. The molecule has 2 aliphatic rings. The molecule has 0 bridgehead atoms. The second-order valence-electron chi connectivity index (χ2n) is 9.39. The molecule has 178 valence electrons. The number of rotatable bonds is 9. The van der Waals surface area contributed by atoms with Gasteiger partial charge < -0.3 is 15.0 Å². The number of esters is 1. The van der Waals surface area contributed by atoms with Crippen molar-refractivity contribution in [3.63, 3.8) is 0 Å². The fraction of sp³-hybridized carbons (Fsp3) is 0.379. The number of hydrogen-bond donors (Lipinski definition) is 2. The van der Waals surface area contributed by atoms with E-state index in [2.05, 4.69) is 25.2 Å². The molecule has 1 aliphatic carbocycles. The molecule has 34 heavy (non-hydrogen) atoms. The normalized spacial score (nSPS) is 22.9. The average molecular weight is 460 g/mol. The minimum absolute atomic E-state index is 0.193. The molecule has 2 unspecified atom stereocenters. The Hall–Kier alpha value is -3.18. The van der Waals surface area contributed by atoms with Crippen molar-refractivity contribution in [2.75, 3.05) is 25.0 Å². The van der Waals surface area contributed by atoms with Crippen LogP contribution in [0.2, 0.25) is 0 Å². The van der Waals surface area contributed by atoms with E-state index in [0.717, 1.165) is 42.6 Å². The number of Topliss-reactive ketones (excluding diaryl/α,β-unsaturated/α-hetero) is 1. The molecule has 2 aromatic rings. The molecule has 1 fully saturated rings. The Labute approximate surface area is 202 Å². The number of allylic oxidation sites excluding steroid dienone is 3. The maximum absolute atomic E-state index is 13.4. The minimum Gasteiger partial charge on any atom is -0.454 e. The van der Waals surface area contributed by atoms with Crippen molar-refractivity contribution in [1.82, 2.24) is 0 Å². The largest absolute Gasteiger partial charge is 0.454 e. The second kappa shape index (κ2) is 11.3. The fourth-order valence-corrected chi connectivity index (χ4v) is 5.00. The third kappa shape index (κ3) is 5.84. The molecule has 0 saturated carbocycles. The van der Waals surface area contributed by atoms with E-state index >= 15 is 0 Å². The monoisotopic (exact) mass is 459 g/mol. The number of carbonyl (C=O) groups is 2. The molecule has 1 saturated heterocycles. The first kappa shape index (κ1) is 24.0. The summed E-state index contributed by atoms with van der Waals surface area (Å²) < 4.78 is 6.12. The van der Waals surface area contributed by atoms with Crippen LogP contribution in [0.3, 0.4) is 0 Å². The highest BCUT2D eigenvalue weighted by Gasteiger charge is 2.40. The predicted molar refractivity (Wildman–Crippen MR) is 135 cm³/mol. The van der Waals surface area contributed by atoms with Crippen LogP contribution in [0.25, 0.3) is 0 Å². The Bertz CT molecular complexity index is 1050. The molecule has 0 radical (unpaired) electrons. The zero-order valence-corrected chi connectivity index (χ0v) is 20.1. The van der Waals surface area contributed by atoms with Gasteiger partial charge >= 0.3 is 5.97 Å². The van der Waals surface area contributed by atoms with Crippen LogP contribution in [-0.4, -0.2) is 37.5 Å². The molecule has 2 aromatic carbocycles. The molecule has 4 rings (SSSR count). The SMILES string of the molecule is CCC1C[NH+](CC(=O)C2=C(C)CCC=C2)C[C@@H]1OC(=O)[C@H](Nc1ccccc1)c1ccccc1. The van der Waals surface area contributed by atoms with Crippen LogP contribution in [0.1, 0.15) is 44.7 Å². The Morgan fingerprint density at radius 2 is 1.76 bits per heavy atom. The standard InChI is InChI=1S/C29H34N2O3/c1-3-22-18-31(19-26(32)25-17-11-10-12-21(25)2)20-27(22)34-29(33)28(23-13-6-4-7-14-23)30-24-15-8-5-9-16-24/h4-9,11,13-17,22,27-28,30H,3,10,12,18-20H2,1-2H3/p+1/t22?,27-,28+/m0/s1. The van der Waals surface area contributed by atoms with Crippen LogP contribution in [-0.2, 0) is 14.3 Å². The first-order valence-corrected chi connectivity index (χ1v) is 12.3. The number of para-hydroxylation sites is 1. The van der Waals surface area contributed by atoms with Gasteiger partial charge in [0.25, 0.3) is 0 Å². The van der Waals surface area contributed by atoms with Gasteiger partial charge in [-0.15, -0.1) is 0 Å². The maximum atomic E-state index is 13.4. The Morgan fingerprint density at radius 3 is 2.44 bits per heavy atom. The highest BCUT2D eigenvalue weighted by Crippen LogP contribution is 2.24. The predicted octanol–water partition coefficient (Wildman–Crippen LogP) is 3.91. The summed E-state index contributed by atoms with van der Waals surface area (Å²) in [4.78, 5) is 27.5. The van der Waals surface area contributed by atoms with Gasteiger partial charge in [0, 0.05) is 11.3 Å². The summed E-state index contributed by atoms with van der Waals surface area (Å²) in [6.07, 6.45) is 6.75. The first-order chi connectivity index (χ1) is 16.5. The molecule has 4 atom stereocenters. The van der Waals surface area contributed by atoms with Gasteiger partial charge in [0.05, 0.1) is 12.5 Å². The summed E-state index contributed by atoms with van der Waals surface area (Å²) in [6, 6.07) is 18.8. The average Bonchev–Trinajstić information content (AvgIpc) is 3.24. The van der Waals surface area contributed by atoms with Crippen LogP contribution in [0.5, 0.6) is 0 Å². The summed E-state index contributed by atoms with van der Waals surface area (Å²) in [5.74, 6) is 0.162. The van der Waals surface area contributed by atoms with Gasteiger partial charge in [-0.1, -0.05) is 73.2 Å². The van der Waals surface area contributed by atoms with Crippen molar-refractivity contribution < 1.29 is 19.2 Å². The van der Waals surface area contributed by atoms with Gasteiger partial charge in [-0.3, -0.25) is 4.79 Å². The number of ether oxygens (including phenoxy) is 1. The smallest absolute Gasteiger partial charge is 0.333 e. The van der Waals surface area contributed by atoms with Crippen molar-refractivity contribution in [2.45, 2.75) is 45.3 Å². The number of nitrogens with one attached hydrogen (secondary N) is 2.